The number of hydrogen-bond acceptors (Lipinski definition) is 5. The van der Waals surface area contributed by atoms with Crippen molar-refractivity contribution >= 4 is 30.3 Å². The first kappa shape index (κ1) is 22.7. The van der Waals surface area contributed by atoms with Gasteiger partial charge in [-0.3, -0.25) is 19.7 Å². The molecule has 3 N–H and O–H groups in total. The molecule has 0 atom stereocenters. The zero-order valence-corrected chi connectivity index (χ0v) is 17.5. The van der Waals surface area contributed by atoms with Crippen LogP contribution in [0.3, 0.4) is 0 Å². The molecule has 1 saturated heterocycles. The summed E-state index contributed by atoms with van der Waals surface area (Å²) in [5.74, 6) is -0.608. The second kappa shape index (κ2) is 9.47. The molecule has 0 saturated carbocycles. The van der Waals surface area contributed by atoms with Crippen LogP contribution in [0.4, 0.5) is 4.39 Å². The lowest BCUT2D eigenvalue weighted by Crippen LogP contribution is -2.60. The summed E-state index contributed by atoms with van der Waals surface area (Å²) in [5.41, 5.74) is 2.86. The Morgan fingerprint density at radius 1 is 1.23 bits per heavy atom. The fourth-order valence-corrected chi connectivity index (χ4v) is 3.78. The van der Waals surface area contributed by atoms with E-state index in [9.17, 15) is 14.0 Å². The Labute approximate surface area is 185 Å². The molecule has 31 heavy (non-hydrogen) atoms. The van der Waals surface area contributed by atoms with E-state index >= 15 is 0 Å². The molecule has 0 aromatic heterocycles. The third-order valence-corrected chi connectivity index (χ3v) is 5.42. The maximum absolute atomic E-state index is 13.1. The number of benzene rings is 2. The van der Waals surface area contributed by atoms with Gasteiger partial charge in [-0.15, -0.1) is 12.4 Å². The molecule has 1 spiro atoms. The van der Waals surface area contributed by atoms with Gasteiger partial charge < -0.3 is 10.1 Å². The van der Waals surface area contributed by atoms with Crippen molar-refractivity contribution in [3.63, 3.8) is 0 Å². The first-order valence-electron chi connectivity index (χ1n) is 9.71. The quantitative estimate of drug-likeness (QED) is 0.381. The number of piperidine rings is 1. The number of amides is 2. The monoisotopic (exact) mass is 447 g/mol. The van der Waals surface area contributed by atoms with Gasteiger partial charge in [0.15, 0.2) is 5.72 Å². The number of fused-ring (bicyclic) bond motifs is 1. The van der Waals surface area contributed by atoms with Gasteiger partial charge in [0.2, 0.25) is 0 Å². The standard InChI is InChI=1S/C22H22FN3O4.ClH/c23-17-5-1-16(2-6-17)14-26-11-9-22(10-12-26)24-21(28)18-13-15(3-7-19(18)30-22)4-8-20(27)25-29;/h1-8,13,29H,9-12,14H2,(H,24,28)(H,25,27);1H/b8-4+;. The Morgan fingerprint density at radius 2 is 1.94 bits per heavy atom. The number of halogens is 2. The van der Waals surface area contributed by atoms with Crippen LogP contribution >= 0.6 is 12.4 Å². The third kappa shape index (κ3) is 5.22. The molecule has 1 fully saturated rings. The van der Waals surface area contributed by atoms with Gasteiger partial charge in [0, 0.05) is 38.6 Å². The summed E-state index contributed by atoms with van der Waals surface area (Å²) in [6.07, 6.45) is 3.94. The lowest BCUT2D eigenvalue weighted by atomic mass is 9.96. The highest BCUT2D eigenvalue weighted by molar-refractivity contribution is 5.99. The number of nitrogens with zero attached hydrogens (tertiary/aromatic N) is 1. The van der Waals surface area contributed by atoms with Gasteiger partial charge in [-0.25, -0.2) is 9.87 Å². The second-order valence-corrected chi connectivity index (χ2v) is 7.52. The van der Waals surface area contributed by atoms with Crippen LogP contribution in [0.2, 0.25) is 0 Å². The normalized spacial score (nSPS) is 17.4. The lowest BCUT2D eigenvalue weighted by molar-refractivity contribution is -0.124. The number of nitrogens with one attached hydrogen (secondary N) is 2. The first-order chi connectivity index (χ1) is 14.5. The highest BCUT2D eigenvalue weighted by Crippen LogP contribution is 2.34. The maximum Gasteiger partial charge on any atom is 0.267 e. The molecule has 0 bridgehead atoms. The van der Waals surface area contributed by atoms with E-state index in [1.807, 2.05) is 0 Å². The minimum Gasteiger partial charge on any atom is -0.467 e. The van der Waals surface area contributed by atoms with Crippen molar-refractivity contribution in [2.75, 3.05) is 13.1 Å². The number of hydroxylamine groups is 1. The van der Waals surface area contributed by atoms with Crippen molar-refractivity contribution in [1.82, 2.24) is 15.7 Å². The predicted molar refractivity (Wildman–Crippen MR) is 114 cm³/mol. The molecule has 9 heteroatoms. The number of rotatable bonds is 4. The number of ether oxygens (including phenoxy) is 1. The highest BCUT2D eigenvalue weighted by Gasteiger charge is 2.42. The predicted octanol–water partition coefficient (Wildman–Crippen LogP) is 2.88. The van der Waals surface area contributed by atoms with Crippen molar-refractivity contribution in [2.45, 2.75) is 25.1 Å². The van der Waals surface area contributed by atoms with E-state index in [4.69, 9.17) is 9.94 Å². The van der Waals surface area contributed by atoms with Crippen LogP contribution in [0.25, 0.3) is 6.08 Å². The molecule has 2 aromatic carbocycles. The third-order valence-electron chi connectivity index (χ3n) is 5.42. The molecule has 0 unspecified atom stereocenters. The van der Waals surface area contributed by atoms with Crippen molar-refractivity contribution in [3.05, 3.63) is 71.0 Å². The lowest BCUT2D eigenvalue weighted by Gasteiger charge is -2.44. The molecule has 2 aromatic rings. The average Bonchev–Trinajstić information content (AvgIpc) is 2.75. The minimum absolute atomic E-state index is 0. The first-order valence-corrected chi connectivity index (χ1v) is 9.71. The Hall–Kier alpha value is -2.94. The second-order valence-electron chi connectivity index (χ2n) is 7.52. The van der Waals surface area contributed by atoms with E-state index in [-0.39, 0.29) is 24.1 Å². The van der Waals surface area contributed by atoms with Gasteiger partial charge in [-0.05, 0) is 41.5 Å². The van der Waals surface area contributed by atoms with Gasteiger partial charge in [-0.2, -0.15) is 0 Å². The summed E-state index contributed by atoms with van der Waals surface area (Å²) in [4.78, 5) is 26.1. The number of carbonyl (C=O) groups is 2. The van der Waals surface area contributed by atoms with Gasteiger partial charge in [0.05, 0.1) is 5.56 Å². The van der Waals surface area contributed by atoms with Crippen LogP contribution in [0.15, 0.2) is 48.5 Å². The fourth-order valence-electron chi connectivity index (χ4n) is 3.78. The molecule has 7 nitrogen and oxygen atoms in total. The topological polar surface area (TPSA) is 90.9 Å². The van der Waals surface area contributed by atoms with Crippen LogP contribution in [0.1, 0.15) is 34.3 Å². The fraction of sp³-hybridized carbons (Fsp3) is 0.273. The molecule has 0 radical (unpaired) electrons. The van der Waals surface area contributed by atoms with E-state index in [2.05, 4.69) is 10.2 Å². The van der Waals surface area contributed by atoms with Crippen molar-refractivity contribution in [1.29, 1.82) is 0 Å². The molecule has 2 amide bonds. The van der Waals surface area contributed by atoms with Crippen LogP contribution in [0.5, 0.6) is 5.75 Å². The van der Waals surface area contributed by atoms with E-state index in [1.165, 1.54) is 29.8 Å². The molecular formula is C22H23ClFN3O4. The summed E-state index contributed by atoms with van der Waals surface area (Å²) in [6, 6.07) is 11.6. The van der Waals surface area contributed by atoms with Gasteiger partial charge in [0.1, 0.15) is 11.6 Å². The van der Waals surface area contributed by atoms with E-state index in [1.54, 1.807) is 30.3 Å². The number of carbonyl (C=O) groups excluding carboxylic acids is 2. The maximum atomic E-state index is 13.1. The molecule has 0 aliphatic carbocycles. The van der Waals surface area contributed by atoms with E-state index in [0.717, 1.165) is 25.2 Å². The summed E-state index contributed by atoms with van der Waals surface area (Å²) in [6.45, 7) is 2.20. The summed E-state index contributed by atoms with van der Waals surface area (Å²) in [5, 5.41) is 11.5. The average molecular weight is 448 g/mol. The zero-order valence-electron chi connectivity index (χ0n) is 16.6. The Kier molecular flexibility index (Phi) is 6.94. The van der Waals surface area contributed by atoms with Crippen molar-refractivity contribution in [2.24, 2.45) is 0 Å². The number of hydrogen-bond donors (Lipinski definition) is 3. The van der Waals surface area contributed by atoms with E-state index < -0.39 is 11.6 Å². The molecule has 4 rings (SSSR count). The molecule has 2 aliphatic heterocycles. The van der Waals surface area contributed by atoms with E-state index in [0.29, 0.717) is 29.7 Å². The van der Waals surface area contributed by atoms with Gasteiger partial charge in [0.25, 0.3) is 11.8 Å². The van der Waals surface area contributed by atoms with Crippen LogP contribution in [0, 0.1) is 5.82 Å². The van der Waals surface area contributed by atoms with Crippen LogP contribution in [-0.4, -0.2) is 40.7 Å². The Morgan fingerprint density at radius 3 is 2.61 bits per heavy atom. The van der Waals surface area contributed by atoms with Crippen LogP contribution in [-0.2, 0) is 11.3 Å². The highest BCUT2D eigenvalue weighted by atomic mass is 35.5. The smallest absolute Gasteiger partial charge is 0.267 e. The number of likely N-dealkylation sites (tertiary alicyclic amines) is 1. The minimum atomic E-state index is -0.739. The summed E-state index contributed by atoms with van der Waals surface area (Å²) < 4.78 is 19.3. The van der Waals surface area contributed by atoms with Gasteiger partial charge in [-0.1, -0.05) is 18.2 Å². The van der Waals surface area contributed by atoms with Crippen LogP contribution < -0.4 is 15.5 Å². The Balaban J connectivity index is 0.00000272. The molecule has 2 aliphatic rings. The largest absolute Gasteiger partial charge is 0.467 e. The van der Waals surface area contributed by atoms with Crippen molar-refractivity contribution < 1.29 is 23.9 Å². The zero-order chi connectivity index (χ0) is 21.1. The molecule has 164 valence electrons. The SMILES string of the molecule is Cl.O=C(/C=C/c1ccc2c(c1)C(=O)NC1(CCN(Cc3ccc(F)cc3)CC1)O2)NO. The summed E-state index contributed by atoms with van der Waals surface area (Å²) in [7, 11) is 0. The van der Waals surface area contributed by atoms with Crippen molar-refractivity contribution in [3.8, 4) is 5.75 Å². The summed E-state index contributed by atoms with van der Waals surface area (Å²) >= 11 is 0. The molecular weight excluding hydrogens is 425 g/mol. The van der Waals surface area contributed by atoms with Gasteiger partial charge >= 0.3 is 0 Å². The molecule has 2 heterocycles. The Bertz CT molecular complexity index is 989.